The molecule has 0 aliphatic heterocycles. The third-order valence-electron chi connectivity index (χ3n) is 3.51. The monoisotopic (exact) mass is 180 g/mol. The fraction of sp³-hybridized carbons (Fsp3) is 0.833. The van der Waals surface area contributed by atoms with E-state index in [4.69, 9.17) is 0 Å². The van der Waals surface area contributed by atoms with E-state index in [1.807, 2.05) is 0 Å². The molecule has 0 saturated heterocycles. The molecule has 2 rings (SSSR count). The first-order valence-electron chi connectivity index (χ1n) is 5.63. The maximum absolute atomic E-state index is 10.3. The van der Waals surface area contributed by atoms with Gasteiger partial charge >= 0.3 is 0 Å². The van der Waals surface area contributed by atoms with Crippen molar-refractivity contribution in [2.45, 2.75) is 57.5 Å². The van der Waals surface area contributed by atoms with Crippen LogP contribution in [0.15, 0.2) is 11.6 Å². The standard InChI is InChI=1S/C12H20O/c1-10-8-12(13,9-10)11-6-4-2-3-5-7-11/h6,10,13H,2-5,7-9H2,1H3. The third-order valence-corrected chi connectivity index (χ3v) is 3.51. The molecule has 0 radical (unpaired) electrons. The molecule has 13 heavy (non-hydrogen) atoms. The van der Waals surface area contributed by atoms with E-state index in [9.17, 15) is 5.11 Å². The van der Waals surface area contributed by atoms with Crippen LogP contribution in [0.2, 0.25) is 0 Å². The van der Waals surface area contributed by atoms with E-state index in [1.54, 1.807) is 0 Å². The summed E-state index contributed by atoms with van der Waals surface area (Å²) in [5, 5.41) is 10.3. The number of hydrogen-bond donors (Lipinski definition) is 1. The van der Waals surface area contributed by atoms with Crippen molar-refractivity contribution in [2.24, 2.45) is 5.92 Å². The fourth-order valence-corrected chi connectivity index (χ4v) is 2.79. The molecule has 1 heteroatoms. The molecule has 0 amide bonds. The normalized spacial score (nSPS) is 40.5. The second-order valence-electron chi connectivity index (χ2n) is 4.87. The Labute approximate surface area is 80.8 Å². The highest BCUT2D eigenvalue weighted by atomic mass is 16.3. The zero-order valence-electron chi connectivity index (χ0n) is 8.55. The first kappa shape index (κ1) is 9.26. The van der Waals surface area contributed by atoms with E-state index < -0.39 is 0 Å². The van der Waals surface area contributed by atoms with Crippen LogP contribution in [0.25, 0.3) is 0 Å². The van der Waals surface area contributed by atoms with Crippen LogP contribution in [0, 0.1) is 5.92 Å². The molecule has 0 aromatic carbocycles. The average Bonchev–Trinajstić information content (AvgIpc) is 2.28. The lowest BCUT2D eigenvalue weighted by Crippen LogP contribution is -2.44. The SMILES string of the molecule is CC1CC(O)(C2=CCCCCC2)C1. The van der Waals surface area contributed by atoms with E-state index in [-0.39, 0.29) is 5.60 Å². The first-order valence-corrected chi connectivity index (χ1v) is 5.63. The summed E-state index contributed by atoms with van der Waals surface area (Å²) in [4.78, 5) is 0. The molecule has 0 aromatic rings. The molecular formula is C12H20O. The minimum absolute atomic E-state index is 0.385. The number of rotatable bonds is 1. The van der Waals surface area contributed by atoms with Crippen LogP contribution in [0.5, 0.6) is 0 Å². The summed E-state index contributed by atoms with van der Waals surface area (Å²) >= 11 is 0. The summed E-state index contributed by atoms with van der Waals surface area (Å²) in [5.74, 6) is 0.731. The molecule has 0 unspecified atom stereocenters. The maximum Gasteiger partial charge on any atom is 0.0861 e. The van der Waals surface area contributed by atoms with Gasteiger partial charge in [-0.25, -0.2) is 0 Å². The van der Waals surface area contributed by atoms with Gasteiger partial charge in [-0.3, -0.25) is 0 Å². The smallest absolute Gasteiger partial charge is 0.0861 e. The van der Waals surface area contributed by atoms with Gasteiger partial charge in [-0.1, -0.05) is 19.4 Å². The van der Waals surface area contributed by atoms with Crippen LogP contribution in [0.3, 0.4) is 0 Å². The van der Waals surface area contributed by atoms with Crippen molar-refractivity contribution >= 4 is 0 Å². The molecule has 0 bridgehead atoms. The fourth-order valence-electron chi connectivity index (χ4n) is 2.79. The van der Waals surface area contributed by atoms with Crippen LogP contribution in [-0.2, 0) is 0 Å². The largest absolute Gasteiger partial charge is 0.385 e. The Bertz CT molecular complexity index is 211. The molecule has 0 spiro atoms. The van der Waals surface area contributed by atoms with E-state index in [1.165, 1.54) is 31.3 Å². The number of aliphatic hydroxyl groups is 1. The summed E-state index contributed by atoms with van der Waals surface area (Å²) in [5.41, 5.74) is 0.965. The predicted octanol–water partition coefficient (Wildman–Crippen LogP) is 3.04. The quantitative estimate of drug-likeness (QED) is 0.615. The summed E-state index contributed by atoms with van der Waals surface area (Å²) in [7, 11) is 0. The average molecular weight is 180 g/mol. The minimum atomic E-state index is -0.385. The Morgan fingerprint density at radius 1 is 1.31 bits per heavy atom. The van der Waals surface area contributed by atoms with Crippen LogP contribution >= 0.6 is 0 Å². The van der Waals surface area contributed by atoms with Crippen LogP contribution in [0.1, 0.15) is 51.9 Å². The van der Waals surface area contributed by atoms with Gasteiger partial charge in [-0.15, -0.1) is 0 Å². The Morgan fingerprint density at radius 3 is 2.77 bits per heavy atom. The van der Waals surface area contributed by atoms with Crippen molar-refractivity contribution in [1.82, 2.24) is 0 Å². The van der Waals surface area contributed by atoms with Crippen molar-refractivity contribution in [1.29, 1.82) is 0 Å². The van der Waals surface area contributed by atoms with Crippen molar-refractivity contribution < 1.29 is 5.11 Å². The van der Waals surface area contributed by atoms with Gasteiger partial charge in [0.15, 0.2) is 0 Å². The van der Waals surface area contributed by atoms with E-state index in [2.05, 4.69) is 13.0 Å². The zero-order valence-corrected chi connectivity index (χ0v) is 8.55. The van der Waals surface area contributed by atoms with E-state index in [0.717, 1.165) is 25.2 Å². The lowest BCUT2D eigenvalue weighted by Gasteiger charge is -2.44. The predicted molar refractivity (Wildman–Crippen MR) is 54.5 cm³/mol. The summed E-state index contributed by atoms with van der Waals surface area (Å²) < 4.78 is 0. The second-order valence-corrected chi connectivity index (χ2v) is 4.87. The van der Waals surface area contributed by atoms with Crippen LogP contribution in [-0.4, -0.2) is 10.7 Å². The molecule has 74 valence electrons. The van der Waals surface area contributed by atoms with E-state index >= 15 is 0 Å². The van der Waals surface area contributed by atoms with Gasteiger partial charge < -0.3 is 5.11 Å². The summed E-state index contributed by atoms with van der Waals surface area (Å²) in [6.45, 7) is 2.23. The topological polar surface area (TPSA) is 20.2 Å². The highest BCUT2D eigenvalue weighted by Gasteiger charge is 2.42. The highest BCUT2D eigenvalue weighted by molar-refractivity contribution is 5.22. The Kier molecular flexibility index (Phi) is 2.46. The molecule has 0 aromatic heterocycles. The van der Waals surface area contributed by atoms with E-state index in [0.29, 0.717) is 0 Å². The molecule has 1 saturated carbocycles. The summed E-state index contributed by atoms with van der Waals surface area (Å²) in [6.07, 6.45) is 10.6. The Balaban J connectivity index is 2.02. The lowest BCUT2D eigenvalue weighted by atomic mass is 9.67. The van der Waals surface area contributed by atoms with Crippen LogP contribution in [0.4, 0.5) is 0 Å². The van der Waals surface area contributed by atoms with Gasteiger partial charge in [0, 0.05) is 0 Å². The first-order chi connectivity index (χ1) is 6.21. The molecule has 0 heterocycles. The number of hydrogen-bond acceptors (Lipinski definition) is 1. The molecule has 1 fully saturated rings. The minimum Gasteiger partial charge on any atom is -0.385 e. The lowest BCUT2D eigenvalue weighted by molar-refractivity contribution is -0.0371. The molecule has 1 N–H and O–H groups in total. The molecule has 1 nitrogen and oxygen atoms in total. The molecule has 0 atom stereocenters. The van der Waals surface area contributed by atoms with Crippen molar-refractivity contribution in [3.8, 4) is 0 Å². The Morgan fingerprint density at radius 2 is 2.08 bits per heavy atom. The molecule has 2 aliphatic rings. The molecular weight excluding hydrogens is 160 g/mol. The van der Waals surface area contributed by atoms with Crippen molar-refractivity contribution in [3.63, 3.8) is 0 Å². The van der Waals surface area contributed by atoms with Gasteiger partial charge in [0.25, 0.3) is 0 Å². The number of allylic oxidation sites excluding steroid dienone is 1. The summed E-state index contributed by atoms with van der Waals surface area (Å²) in [6, 6.07) is 0. The highest BCUT2D eigenvalue weighted by Crippen LogP contribution is 2.44. The van der Waals surface area contributed by atoms with Gasteiger partial charge in [0.2, 0.25) is 0 Å². The van der Waals surface area contributed by atoms with Crippen LogP contribution < -0.4 is 0 Å². The van der Waals surface area contributed by atoms with Gasteiger partial charge in [-0.2, -0.15) is 0 Å². The zero-order chi connectivity index (χ0) is 9.31. The third kappa shape index (κ3) is 1.80. The van der Waals surface area contributed by atoms with Gasteiger partial charge in [-0.05, 0) is 50.0 Å². The van der Waals surface area contributed by atoms with Crippen molar-refractivity contribution in [2.75, 3.05) is 0 Å². The molecule has 2 aliphatic carbocycles. The van der Waals surface area contributed by atoms with Gasteiger partial charge in [0.1, 0.15) is 0 Å². The Hall–Kier alpha value is -0.300. The second kappa shape index (κ2) is 3.45. The van der Waals surface area contributed by atoms with Gasteiger partial charge in [0.05, 0.1) is 5.60 Å². The van der Waals surface area contributed by atoms with Crippen molar-refractivity contribution in [3.05, 3.63) is 11.6 Å². The maximum atomic E-state index is 10.3.